The third-order valence-electron chi connectivity index (χ3n) is 1.39. The average molecular weight is 221 g/mol. The first-order chi connectivity index (χ1) is 6.27. The summed E-state index contributed by atoms with van der Waals surface area (Å²) in [6, 6.07) is 0. The van der Waals surface area contributed by atoms with E-state index in [2.05, 4.69) is 9.81 Å². The number of carbonyl (C=O) groups excluding carboxylic acids is 1. The predicted octanol–water partition coefficient (Wildman–Crippen LogP) is 0.419. The van der Waals surface area contributed by atoms with Crippen LogP contribution in [0.15, 0.2) is 6.20 Å². The molecular formula is C7H11ClN3OS+. The Balaban J connectivity index is 2.62. The van der Waals surface area contributed by atoms with Gasteiger partial charge in [-0.05, 0) is 6.92 Å². The maximum absolute atomic E-state index is 11.3. The molecule has 0 saturated carbocycles. The van der Waals surface area contributed by atoms with Crippen LogP contribution in [0.1, 0.15) is 16.6 Å². The van der Waals surface area contributed by atoms with E-state index >= 15 is 0 Å². The maximum atomic E-state index is 11.3. The standard InChI is InChI=1S/C7H10ClN3OS/c1-2-9-7(12)6-5-11(4-3-8)10-13-6/h5H,2-4H2,1H3/p+1. The van der Waals surface area contributed by atoms with Crippen LogP contribution in [0.4, 0.5) is 0 Å². The fraction of sp³-hybridized carbons (Fsp3) is 0.571. The highest BCUT2D eigenvalue weighted by Gasteiger charge is 2.14. The van der Waals surface area contributed by atoms with Crippen LogP contribution >= 0.6 is 23.1 Å². The fourth-order valence-electron chi connectivity index (χ4n) is 0.819. The van der Waals surface area contributed by atoms with Crippen LogP contribution in [-0.2, 0) is 6.54 Å². The highest BCUT2D eigenvalue weighted by molar-refractivity contribution is 7.07. The number of carbonyl (C=O) groups is 1. The molecule has 0 aliphatic rings. The van der Waals surface area contributed by atoms with Gasteiger partial charge in [-0.3, -0.25) is 4.79 Å². The molecular weight excluding hydrogens is 210 g/mol. The highest BCUT2D eigenvalue weighted by atomic mass is 35.5. The van der Waals surface area contributed by atoms with Crippen LogP contribution in [0.2, 0.25) is 0 Å². The topological polar surface area (TPSA) is 45.9 Å². The molecule has 0 aliphatic carbocycles. The van der Waals surface area contributed by atoms with Crippen molar-refractivity contribution >= 4 is 29.0 Å². The summed E-state index contributed by atoms with van der Waals surface area (Å²) in [7, 11) is 0. The highest BCUT2D eigenvalue weighted by Crippen LogP contribution is 1.99. The molecule has 72 valence electrons. The van der Waals surface area contributed by atoms with E-state index in [1.165, 1.54) is 11.5 Å². The summed E-state index contributed by atoms with van der Waals surface area (Å²) in [6.07, 6.45) is 1.71. The van der Waals surface area contributed by atoms with Gasteiger partial charge in [0.2, 0.25) is 6.20 Å². The molecule has 0 radical (unpaired) electrons. The lowest BCUT2D eigenvalue weighted by Crippen LogP contribution is -2.35. The molecule has 0 atom stereocenters. The van der Waals surface area contributed by atoms with Crippen LogP contribution in [0.25, 0.3) is 0 Å². The number of alkyl halides is 1. The summed E-state index contributed by atoms with van der Waals surface area (Å²) < 4.78 is 5.69. The zero-order valence-electron chi connectivity index (χ0n) is 7.29. The molecule has 0 saturated heterocycles. The van der Waals surface area contributed by atoms with Gasteiger partial charge in [0.15, 0.2) is 11.4 Å². The first-order valence-corrected chi connectivity index (χ1v) is 5.29. The van der Waals surface area contributed by atoms with Crippen molar-refractivity contribution in [3.63, 3.8) is 0 Å². The lowest BCUT2D eigenvalue weighted by atomic mass is 10.5. The molecule has 1 amide bonds. The lowest BCUT2D eigenvalue weighted by Gasteiger charge is -1.93. The Morgan fingerprint density at radius 2 is 2.62 bits per heavy atom. The van der Waals surface area contributed by atoms with E-state index in [1.807, 2.05) is 6.92 Å². The molecule has 0 aliphatic heterocycles. The maximum Gasteiger partial charge on any atom is 0.269 e. The van der Waals surface area contributed by atoms with Crippen molar-refractivity contribution in [1.29, 1.82) is 0 Å². The minimum atomic E-state index is -0.0756. The second-order valence-corrected chi connectivity index (χ2v) is 3.54. The van der Waals surface area contributed by atoms with E-state index in [1.54, 1.807) is 10.9 Å². The number of amides is 1. The van der Waals surface area contributed by atoms with Gasteiger partial charge in [-0.1, -0.05) is 4.68 Å². The largest absolute Gasteiger partial charge is 0.351 e. The Morgan fingerprint density at radius 1 is 1.85 bits per heavy atom. The van der Waals surface area contributed by atoms with Gasteiger partial charge in [0.05, 0.1) is 10.4 Å². The number of hydrogen-bond acceptors (Lipinski definition) is 3. The van der Waals surface area contributed by atoms with Crippen molar-refractivity contribution in [3.8, 4) is 0 Å². The zero-order chi connectivity index (χ0) is 9.68. The van der Waals surface area contributed by atoms with E-state index in [4.69, 9.17) is 11.6 Å². The quantitative estimate of drug-likeness (QED) is 0.591. The molecule has 1 N–H and O–H groups in total. The molecule has 1 aromatic rings. The normalized spacial score (nSPS) is 10.0. The SMILES string of the molecule is CCNC(=O)c1c[n+](CCCl)ns1. The zero-order valence-corrected chi connectivity index (χ0v) is 8.86. The number of hydrogen-bond donors (Lipinski definition) is 1. The van der Waals surface area contributed by atoms with Crippen molar-refractivity contribution in [1.82, 2.24) is 9.81 Å². The van der Waals surface area contributed by atoms with Crippen LogP contribution in [0.3, 0.4) is 0 Å². The van der Waals surface area contributed by atoms with Gasteiger partial charge in [-0.25, -0.2) is 0 Å². The summed E-state index contributed by atoms with van der Waals surface area (Å²) in [5, 5.41) is 2.70. The molecule has 0 unspecified atom stereocenters. The van der Waals surface area contributed by atoms with Gasteiger partial charge in [0.25, 0.3) is 5.91 Å². The van der Waals surface area contributed by atoms with E-state index in [-0.39, 0.29) is 5.91 Å². The molecule has 6 heteroatoms. The van der Waals surface area contributed by atoms with E-state index in [0.717, 1.165) is 0 Å². The molecule has 0 aromatic carbocycles. The summed E-state index contributed by atoms with van der Waals surface area (Å²) in [5.74, 6) is 0.428. The third kappa shape index (κ3) is 2.93. The second-order valence-electron chi connectivity index (χ2n) is 2.38. The molecule has 13 heavy (non-hydrogen) atoms. The van der Waals surface area contributed by atoms with Crippen molar-refractivity contribution < 1.29 is 9.48 Å². The predicted molar refractivity (Wildman–Crippen MR) is 51.0 cm³/mol. The number of nitrogens with zero attached hydrogens (tertiary/aromatic N) is 2. The third-order valence-corrected chi connectivity index (χ3v) is 2.33. The Kier molecular flexibility index (Phi) is 4.11. The van der Waals surface area contributed by atoms with Gasteiger partial charge in [0.1, 0.15) is 0 Å². The molecule has 0 fully saturated rings. The average Bonchev–Trinajstić information content (AvgIpc) is 2.54. The molecule has 1 rings (SSSR count). The second kappa shape index (κ2) is 5.14. The first-order valence-electron chi connectivity index (χ1n) is 3.98. The summed E-state index contributed by atoms with van der Waals surface area (Å²) >= 11 is 6.71. The fourth-order valence-corrected chi connectivity index (χ4v) is 1.64. The van der Waals surface area contributed by atoms with E-state index in [9.17, 15) is 4.79 Å². The molecule has 1 heterocycles. The Hall–Kier alpha value is -0.680. The smallest absolute Gasteiger partial charge is 0.269 e. The number of nitrogens with one attached hydrogen (secondary N) is 1. The van der Waals surface area contributed by atoms with Gasteiger partial charge in [-0.2, -0.15) is 0 Å². The summed E-state index contributed by atoms with van der Waals surface area (Å²) in [4.78, 5) is 11.9. The lowest BCUT2D eigenvalue weighted by molar-refractivity contribution is -0.742. The van der Waals surface area contributed by atoms with Gasteiger partial charge in [-0.15, -0.1) is 11.6 Å². The van der Waals surface area contributed by atoms with Crippen molar-refractivity contribution in [3.05, 3.63) is 11.1 Å². The summed E-state index contributed by atoms with van der Waals surface area (Å²) in [6.45, 7) is 3.15. The molecule has 0 bridgehead atoms. The number of halogens is 1. The van der Waals surface area contributed by atoms with Crippen LogP contribution in [0, 0.1) is 0 Å². The van der Waals surface area contributed by atoms with Crippen molar-refractivity contribution in [2.75, 3.05) is 12.4 Å². The number of rotatable bonds is 4. The monoisotopic (exact) mass is 220 g/mol. The Bertz CT molecular complexity index is 289. The minimum absolute atomic E-state index is 0.0756. The van der Waals surface area contributed by atoms with Crippen LogP contribution in [-0.4, -0.2) is 22.8 Å². The van der Waals surface area contributed by atoms with Gasteiger partial charge < -0.3 is 5.32 Å². The number of aromatic nitrogens is 2. The van der Waals surface area contributed by atoms with Crippen LogP contribution in [0.5, 0.6) is 0 Å². The van der Waals surface area contributed by atoms with E-state index < -0.39 is 0 Å². The molecule has 4 nitrogen and oxygen atoms in total. The Labute approximate surface area is 85.7 Å². The van der Waals surface area contributed by atoms with Gasteiger partial charge >= 0.3 is 0 Å². The van der Waals surface area contributed by atoms with Crippen LogP contribution < -0.4 is 10.00 Å². The molecule has 0 spiro atoms. The molecule has 1 aromatic heterocycles. The van der Waals surface area contributed by atoms with E-state index in [0.29, 0.717) is 23.8 Å². The Morgan fingerprint density at radius 3 is 3.23 bits per heavy atom. The first kappa shape index (κ1) is 10.4. The van der Waals surface area contributed by atoms with Crippen molar-refractivity contribution in [2.24, 2.45) is 0 Å². The van der Waals surface area contributed by atoms with Crippen molar-refractivity contribution in [2.45, 2.75) is 13.5 Å². The summed E-state index contributed by atoms with van der Waals surface area (Å²) in [5.41, 5.74) is 0. The number of aryl methyl sites for hydroxylation is 1. The minimum Gasteiger partial charge on any atom is -0.351 e. The van der Waals surface area contributed by atoms with Gasteiger partial charge in [0, 0.05) is 18.1 Å².